The Balaban J connectivity index is 1.48. The van der Waals surface area contributed by atoms with Crippen LogP contribution >= 0.6 is 0 Å². The van der Waals surface area contributed by atoms with Crippen molar-refractivity contribution >= 4 is 5.91 Å². The van der Waals surface area contributed by atoms with Crippen LogP contribution in [0.1, 0.15) is 28.4 Å². The molecule has 0 aliphatic carbocycles. The number of hydrogen-bond donors (Lipinski definition) is 1. The van der Waals surface area contributed by atoms with E-state index in [0.29, 0.717) is 31.2 Å². The number of hydrogen-bond acceptors (Lipinski definition) is 4. The van der Waals surface area contributed by atoms with Crippen LogP contribution in [0.5, 0.6) is 0 Å². The molecule has 0 saturated carbocycles. The quantitative estimate of drug-likeness (QED) is 0.905. The molecular weight excluding hydrogens is 287 g/mol. The number of ether oxygens (including phenoxy) is 1. The first-order chi connectivity index (χ1) is 10.7. The summed E-state index contributed by atoms with van der Waals surface area (Å²) in [6, 6.07) is 5.45. The largest absolute Gasteiger partial charge is 0.381 e. The van der Waals surface area contributed by atoms with Gasteiger partial charge in [0.05, 0.1) is 18.8 Å². The van der Waals surface area contributed by atoms with Gasteiger partial charge in [0.1, 0.15) is 5.82 Å². The van der Waals surface area contributed by atoms with Gasteiger partial charge in [0.25, 0.3) is 5.91 Å². The molecule has 116 valence electrons. The lowest BCUT2D eigenvalue weighted by Crippen LogP contribution is -2.27. The van der Waals surface area contributed by atoms with Gasteiger partial charge in [-0.25, -0.2) is 4.39 Å². The van der Waals surface area contributed by atoms with Crippen molar-refractivity contribution in [3.8, 4) is 0 Å². The molecule has 1 saturated heterocycles. The average molecular weight is 304 g/mol. The predicted molar refractivity (Wildman–Crippen MR) is 76.9 cm³/mol. The van der Waals surface area contributed by atoms with Gasteiger partial charge >= 0.3 is 0 Å². The highest BCUT2D eigenvalue weighted by molar-refractivity contribution is 5.94. The van der Waals surface area contributed by atoms with Crippen LogP contribution in [0, 0.1) is 5.82 Å². The molecule has 0 spiro atoms. The molecule has 1 aromatic heterocycles. The molecule has 6 nitrogen and oxygen atoms in total. The molecule has 1 amide bonds. The van der Waals surface area contributed by atoms with E-state index in [1.165, 1.54) is 24.3 Å². The zero-order valence-electron chi connectivity index (χ0n) is 12.0. The van der Waals surface area contributed by atoms with Crippen LogP contribution in [-0.4, -0.2) is 40.7 Å². The van der Waals surface area contributed by atoms with E-state index < -0.39 is 0 Å². The fourth-order valence-electron chi connectivity index (χ4n) is 2.36. The maximum Gasteiger partial charge on any atom is 0.251 e. The van der Waals surface area contributed by atoms with Crippen molar-refractivity contribution in [1.82, 2.24) is 20.3 Å². The maximum absolute atomic E-state index is 12.8. The van der Waals surface area contributed by atoms with Gasteiger partial charge in [0.15, 0.2) is 0 Å². The summed E-state index contributed by atoms with van der Waals surface area (Å²) in [5, 5.41) is 11.0. The fourth-order valence-corrected chi connectivity index (χ4v) is 2.36. The van der Waals surface area contributed by atoms with Crippen molar-refractivity contribution in [1.29, 1.82) is 0 Å². The number of nitrogens with one attached hydrogen (secondary N) is 1. The van der Waals surface area contributed by atoms with Gasteiger partial charge in [-0.15, -0.1) is 5.10 Å². The van der Waals surface area contributed by atoms with Gasteiger partial charge in [0, 0.05) is 30.8 Å². The van der Waals surface area contributed by atoms with Gasteiger partial charge < -0.3 is 10.1 Å². The van der Waals surface area contributed by atoms with Crippen LogP contribution in [-0.2, 0) is 11.3 Å². The van der Waals surface area contributed by atoms with Gasteiger partial charge in [0.2, 0.25) is 0 Å². The molecule has 2 aromatic rings. The zero-order chi connectivity index (χ0) is 15.4. The van der Waals surface area contributed by atoms with Crippen LogP contribution in [0.3, 0.4) is 0 Å². The molecule has 1 aromatic carbocycles. The van der Waals surface area contributed by atoms with E-state index in [-0.39, 0.29) is 11.7 Å². The summed E-state index contributed by atoms with van der Waals surface area (Å²) in [7, 11) is 0. The standard InChI is InChI=1S/C15H17FN4O2/c16-13-3-1-11(2-4-13)15(21)17-6-7-20-9-14(18-19-20)12-5-8-22-10-12/h1-4,9,12H,5-8,10H2,(H,17,21)/t12-/m0/s1. The van der Waals surface area contributed by atoms with Crippen LogP contribution in [0.2, 0.25) is 0 Å². The number of halogens is 1. The number of carbonyl (C=O) groups is 1. The fraction of sp³-hybridized carbons (Fsp3) is 0.400. The van der Waals surface area contributed by atoms with E-state index in [4.69, 9.17) is 4.74 Å². The topological polar surface area (TPSA) is 69.0 Å². The van der Waals surface area contributed by atoms with Crippen molar-refractivity contribution in [2.24, 2.45) is 0 Å². The van der Waals surface area contributed by atoms with Crippen LogP contribution in [0.15, 0.2) is 30.5 Å². The molecule has 3 rings (SSSR count). The third-order valence-corrected chi connectivity index (χ3v) is 3.64. The van der Waals surface area contributed by atoms with Gasteiger partial charge in [-0.1, -0.05) is 5.21 Å². The SMILES string of the molecule is O=C(NCCn1cc([C@H]2CCOC2)nn1)c1ccc(F)cc1. The molecule has 1 aliphatic heterocycles. The minimum atomic E-state index is -0.359. The number of aromatic nitrogens is 3. The highest BCUT2D eigenvalue weighted by Gasteiger charge is 2.20. The monoisotopic (exact) mass is 304 g/mol. The molecule has 1 atom stereocenters. The van der Waals surface area contributed by atoms with E-state index >= 15 is 0 Å². The lowest BCUT2D eigenvalue weighted by Gasteiger charge is -2.05. The summed E-state index contributed by atoms with van der Waals surface area (Å²) in [5.41, 5.74) is 1.37. The maximum atomic E-state index is 12.8. The first kappa shape index (κ1) is 14.6. The molecule has 0 bridgehead atoms. The Bertz CT molecular complexity index is 635. The Hall–Kier alpha value is -2.28. The minimum absolute atomic E-state index is 0.232. The molecule has 0 unspecified atom stereocenters. The second kappa shape index (κ2) is 6.65. The molecule has 0 radical (unpaired) electrons. The molecule has 2 heterocycles. The Morgan fingerprint density at radius 2 is 2.23 bits per heavy atom. The predicted octanol–water partition coefficient (Wildman–Crippen LogP) is 1.35. The summed E-state index contributed by atoms with van der Waals surface area (Å²) in [6.45, 7) is 2.43. The smallest absolute Gasteiger partial charge is 0.251 e. The van der Waals surface area contributed by atoms with Crippen LogP contribution < -0.4 is 5.32 Å². The molecular formula is C15H17FN4O2. The van der Waals surface area contributed by atoms with Gasteiger partial charge in [-0.05, 0) is 30.7 Å². The molecule has 22 heavy (non-hydrogen) atoms. The van der Waals surface area contributed by atoms with E-state index in [1.54, 1.807) is 4.68 Å². The summed E-state index contributed by atoms with van der Waals surface area (Å²) >= 11 is 0. The first-order valence-corrected chi connectivity index (χ1v) is 7.24. The Kier molecular flexibility index (Phi) is 4.43. The second-order valence-electron chi connectivity index (χ2n) is 5.23. The summed E-state index contributed by atoms with van der Waals surface area (Å²) < 4.78 is 19.8. The third kappa shape index (κ3) is 3.48. The van der Waals surface area contributed by atoms with Crippen LogP contribution in [0.4, 0.5) is 4.39 Å². The number of rotatable bonds is 5. The van der Waals surface area contributed by atoms with E-state index in [9.17, 15) is 9.18 Å². The molecule has 7 heteroatoms. The van der Waals surface area contributed by atoms with Crippen LogP contribution in [0.25, 0.3) is 0 Å². The summed E-state index contributed by atoms with van der Waals surface area (Å²) in [6.07, 6.45) is 2.86. The van der Waals surface area contributed by atoms with E-state index in [2.05, 4.69) is 15.6 Å². The van der Waals surface area contributed by atoms with Crippen molar-refractivity contribution < 1.29 is 13.9 Å². The number of benzene rings is 1. The second-order valence-corrected chi connectivity index (χ2v) is 5.23. The molecule has 1 fully saturated rings. The first-order valence-electron chi connectivity index (χ1n) is 7.24. The number of nitrogens with zero attached hydrogens (tertiary/aromatic N) is 3. The van der Waals surface area contributed by atoms with Crippen molar-refractivity contribution in [3.63, 3.8) is 0 Å². The third-order valence-electron chi connectivity index (χ3n) is 3.64. The Morgan fingerprint density at radius 3 is 2.95 bits per heavy atom. The summed E-state index contributed by atoms with van der Waals surface area (Å²) in [5.74, 6) is -0.269. The van der Waals surface area contributed by atoms with Gasteiger partial charge in [-0.2, -0.15) is 0 Å². The van der Waals surface area contributed by atoms with Gasteiger partial charge in [-0.3, -0.25) is 9.48 Å². The van der Waals surface area contributed by atoms with Crippen molar-refractivity contribution in [2.75, 3.05) is 19.8 Å². The number of amides is 1. The lowest BCUT2D eigenvalue weighted by molar-refractivity contribution is 0.0952. The summed E-state index contributed by atoms with van der Waals surface area (Å²) in [4.78, 5) is 11.9. The highest BCUT2D eigenvalue weighted by Crippen LogP contribution is 2.22. The Morgan fingerprint density at radius 1 is 1.41 bits per heavy atom. The molecule has 1 N–H and O–H groups in total. The van der Waals surface area contributed by atoms with E-state index in [0.717, 1.165) is 18.7 Å². The average Bonchev–Trinajstić information content (AvgIpc) is 3.19. The Labute approximate surface area is 127 Å². The van der Waals surface area contributed by atoms with Crippen molar-refractivity contribution in [3.05, 3.63) is 47.5 Å². The zero-order valence-corrected chi connectivity index (χ0v) is 12.0. The highest BCUT2D eigenvalue weighted by atomic mass is 19.1. The number of carbonyl (C=O) groups excluding carboxylic acids is 1. The lowest BCUT2D eigenvalue weighted by atomic mass is 10.1. The minimum Gasteiger partial charge on any atom is -0.381 e. The normalized spacial score (nSPS) is 17.6. The molecule has 1 aliphatic rings. The van der Waals surface area contributed by atoms with Crippen molar-refractivity contribution in [2.45, 2.75) is 18.9 Å². The van der Waals surface area contributed by atoms with E-state index in [1.807, 2.05) is 6.20 Å².